The molecule has 168 valence electrons. The van der Waals surface area contributed by atoms with Crippen LogP contribution in [0.25, 0.3) is 0 Å². The highest BCUT2D eigenvalue weighted by molar-refractivity contribution is 14.1. The Morgan fingerprint density at radius 3 is 2.58 bits per heavy atom. The lowest BCUT2D eigenvalue weighted by molar-refractivity contribution is -0.131. The summed E-state index contributed by atoms with van der Waals surface area (Å²) in [5, 5.41) is 19.7. The average molecular weight is 534 g/mol. The highest BCUT2D eigenvalue weighted by Crippen LogP contribution is 2.58. The summed E-state index contributed by atoms with van der Waals surface area (Å²) in [6, 6.07) is 8.76. The van der Waals surface area contributed by atoms with Crippen LogP contribution < -0.4 is 0 Å². The maximum atomic E-state index is 11.0. The first-order chi connectivity index (χ1) is 14.7. The number of hydrogen-bond acceptors (Lipinski definition) is 2. The van der Waals surface area contributed by atoms with Crippen LogP contribution in [0.1, 0.15) is 52.0 Å². The molecule has 0 saturated heterocycles. The molecule has 1 aromatic rings. The fourth-order valence-corrected chi connectivity index (χ4v) is 6.30. The van der Waals surface area contributed by atoms with E-state index in [0.29, 0.717) is 23.7 Å². The van der Waals surface area contributed by atoms with Gasteiger partial charge in [0.05, 0.1) is 6.10 Å². The molecule has 0 bridgehead atoms. The molecule has 0 spiro atoms. The Morgan fingerprint density at radius 1 is 1.19 bits per heavy atom. The Bertz CT molecular complexity index is 854. The minimum Gasteiger partial charge on any atom is -0.478 e. The molecule has 2 fully saturated rings. The number of hydrogen-bond donors (Lipinski definition) is 2. The zero-order chi connectivity index (χ0) is 22.6. The molecule has 0 aliphatic heterocycles. The second-order valence-corrected chi connectivity index (χ2v) is 11.0. The highest BCUT2D eigenvalue weighted by Gasteiger charge is 2.52. The van der Waals surface area contributed by atoms with Gasteiger partial charge in [-0.1, -0.05) is 55.9 Å². The summed E-state index contributed by atoms with van der Waals surface area (Å²) >= 11 is 2.34. The molecule has 2 aliphatic carbocycles. The van der Waals surface area contributed by atoms with Crippen LogP contribution in [0.15, 0.2) is 60.2 Å². The van der Waals surface area contributed by atoms with E-state index in [0.717, 1.165) is 38.2 Å². The molecule has 2 saturated carbocycles. The first-order valence-corrected chi connectivity index (χ1v) is 12.5. The number of aliphatic hydroxyl groups excluding tert-OH is 1. The lowest BCUT2D eigenvalue weighted by Crippen LogP contribution is -2.52. The minimum atomic E-state index is -0.926. The summed E-state index contributed by atoms with van der Waals surface area (Å²) in [5.74, 6) is 0.997. The van der Waals surface area contributed by atoms with E-state index in [4.69, 9.17) is 5.11 Å². The lowest BCUT2D eigenvalue weighted by Gasteiger charge is -2.56. The van der Waals surface area contributed by atoms with E-state index in [2.05, 4.69) is 73.7 Å². The zero-order valence-electron chi connectivity index (χ0n) is 18.8. The van der Waals surface area contributed by atoms with Crippen molar-refractivity contribution < 1.29 is 15.0 Å². The number of halogens is 1. The fraction of sp³-hybridized carbons (Fsp3) is 0.519. The quantitative estimate of drug-likeness (QED) is 0.252. The predicted molar refractivity (Wildman–Crippen MR) is 135 cm³/mol. The highest BCUT2D eigenvalue weighted by atomic mass is 127. The summed E-state index contributed by atoms with van der Waals surface area (Å²) in [7, 11) is 0. The van der Waals surface area contributed by atoms with Gasteiger partial charge in [0, 0.05) is 9.65 Å². The minimum absolute atomic E-state index is 0.218. The summed E-state index contributed by atoms with van der Waals surface area (Å²) in [6.07, 6.45) is 13.7. The van der Waals surface area contributed by atoms with Crippen LogP contribution >= 0.6 is 22.6 Å². The van der Waals surface area contributed by atoms with Crippen LogP contribution in [0.5, 0.6) is 0 Å². The molecule has 31 heavy (non-hydrogen) atoms. The van der Waals surface area contributed by atoms with Crippen LogP contribution in [0, 0.1) is 32.7 Å². The van der Waals surface area contributed by atoms with Gasteiger partial charge in [0.25, 0.3) is 0 Å². The Hall–Kier alpha value is -1.40. The number of allylic oxidation sites excluding steroid dienone is 5. The topological polar surface area (TPSA) is 57.5 Å². The van der Waals surface area contributed by atoms with E-state index in [1.807, 2.05) is 6.08 Å². The second kappa shape index (κ2) is 10.5. The van der Waals surface area contributed by atoms with E-state index >= 15 is 0 Å². The van der Waals surface area contributed by atoms with Gasteiger partial charge in [-0.15, -0.1) is 0 Å². The van der Waals surface area contributed by atoms with E-state index < -0.39 is 5.97 Å². The number of aliphatic hydroxyl groups is 1. The van der Waals surface area contributed by atoms with Crippen molar-refractivity contribution in [3.05, 3.63) is 69.4 Å². The number of carbonyl (C=O) groups is 1. The monoisotopic (exact) mass is 534 g/mol. The molecular formula is C27H35IO3. The number of carboxylic acids is 1. The zero-order valence-corrected chi connectivity index (χ0v) is 21.0. The van der Waals surface area contributed by atoms with Gasteiger partial charge in [-0.2, -0.15) is 0 Å². The van der Waals surface area contributed by atoms with E-state index in [1.54, 1.807) is 12.2 Å². The molecule has 0 radical (unpaired) electrons. The van der Waals surface area contributed by atoms with Gasteiger partial charge in [-0.05, 0) is 108 Å². The normalized spacial score (nSPS) is 34.2. The molecule has 6 atom stereocenters. The molecule has 0 unspecified atom stereocenters. The van der Waals surface area contributed by atoms with Crippen molar-refractivity contribution in [2.45, 2.75) is 59.0 Å². The largest absolute Gasteiger partial charge is 0.478 e. The number of carboxylic acid groups (broad SMARTS) is 1. The molecule has 3 nitrogen and oxygen atoms in total. The van der Waals surface area contributed by atoms with Gasteiger partial charge in [-0.3, -0.25) is 0 Å². The number of benzene rings is 1. The van der Waals surface area contributed by atoms with Crippen LogP contribution in [-0.4, -0.2) is 22.3 Å². The van der Waals surface area contributed by atoms with Crippen molar-refractivity contribution in [2.24, 2.45) is 29.1 Å². The van der Waals surface area contributed by atoms with Crippen molar-refractivity contribution >= 4 is 28.6 Å². The molecular weight excluding hydrogens is 499 g/mol. The van der Waals surface area contributed by atoms with Crippen molar-refractivity contribution in [1.29, 1.82) is 0 Å². The van der Waals surface area contributed by atoms with Crippen molar-refractivity contribution in [3.63, 3.8) is 0 Å². The Morgan fingerprint density at radius 2 is 1.90 bits per heavy atom. The molecule has 1 aromatic carbocycles. The maximum absolute atomic E-state index is 11.0. The third-order valence-corrected chi connectivity index (χ3v) is 8.66. The van der Waals surface area contributed by atoms with Gasteiger partial charge in [0.15, 0.2) is 0 Å². The average Bonchev–Trinajstić information content (AvgIpc) is 2.72. The third kappa shape index (κ3) is 5.89. The van der Waals surface area contributed by atoms with Gasteiger partial charge < -0.3 is 10.2 Å². The van der Waals surface area contributed by atoms with Gasteiger partial charge in [-0.25, -0.2) is 4.79 Å². The van der Waals surface area contributed by atoms with Crippen molar-refractivity contribution in [3.8, 4) is 0 Å². The fourth-order valence-electron chi connectivity index (χ4n) is 5.94. The molecule has 3 rings (SSSR count). The standard InChI is InChI=1S/C27H35IO3/c1-18(7-5-4-6-8-26(30)31)21-11-14-24-23(16-20-9-12-22(28)13-10-20)25(29)15-19(2)27(24,3)17-21/h4-10,12-13,19,21,23-25,29H,11,14-17H2,1-3H3,(H,30,31)/b5-4+,8-6+,18-7+/t19-,21-,23+,24-,25+,27+/m1/s1. The Kier molecular flexibility index (Phi) is 8.19. The Balaban J connectivity index is 1.73. The predicted octanol–water partition coefficient (Wildman–Crippen LogP) is 6.42. The molecule has 2 aliphatic rings. The molecule has 2 N–H and O–H groups in total. The van der Waals surface area contributed by atoms with E-state index in [-0.39, 0.29) is 11.5 Å². The van der Waals surface area contributed by atoms with Crippen molar-refractivity contribution in [2.75, 3.05) is 0 Å². The van der Waals surface area contributed by atoms with Gasteiger partial charge >= 0.3 is 5.97 Å². The van der Waals surface area contributed by atoms with Crippen LogP contribution in [0.4, 0.5) is 0 Å². The van der Waals surface area contributed by atoms with E-state index in [9.17, 15) is 9.90 Å². The molecule has 0 aromatic heterocycles. The van der Waals surface area contributed by atoms with Gasteiger partial charge in [0.2, 0.25) is 0 Å². The van der Waals surface area contributed by atoms with Crippen LogP contribution in [-0.2, 0) is 11.2 Å². The lowest BCUT2D eigenvalue weighted by atomic mass is 9.49. The van der Waals surface area contributed by atoms with Crippen LogP contribution in [0.3, 0.4) is 0 Å². The SMILES string of the molecule is C\C(=C/C=C/C=C/C(=O)O)[C@@H]1CC[C@@H]2[C@H](Cc3ccc(I)cc3)[C@@H](O)C[C@@H](C)[C@]2(C)C1. The molecule has 4 heteroatoms. The number of rotatable bonds is 6. The summed E-state index contributed by atoms with van der Waals surface area (Å²) in [5.41, 5.74) is 2.93. The second-order valence-electron chi connectivity index (χ2n) is 9.78. The first-order valence-electron chi connectivity index (χ1n) is 11.4. The van der Waals surface area contributed by atoms with Gasteiger partial charge in [0.1, 0.15) is 0 Å². The maximum Gasteiger partial charge on any atom is 0.328 e. The molecule has 0 amide bonds. The first kappa shape index (κ1) is 24.2. The number of fused-ring (bicyclic) bond motifs is 1. The third-order valence-electron chi connectivity index (χ3n) is 7.94. The summed E-state index contributed by atoms with van der Waals surface area (Å²) in [6.45, 7) is 6.99. The summed E-state index contributed by atoms with van der Waals surface area (Å²) < 4.78 is 1.25. The summed E-state index contributed by atoms with van der Waals surface area (Å²) in [4.78, 5) is 10.6. The smallest absolute Gasteiger partial charge is 0.328 e. The van der Waals surface area contributed by atoms with Crippen LogP contribution in [0.2, 0.25) is 0 Å². The number of aliphatic carboxylic acids is 1. The van der Waals surface area contributed by atoms with Crippen molar-refractivity contribution in [1.82, 2.24) is 0 Å². The Labute approximate surface area is 200 Å². The van der Waals surface area contributed by atoms with E-state index in [1.165, 1.54) is 14.7 Å². The molecule has 0 heterocycles.